The van der Waals surface area contributed by atoms with Gasteiger partial charge in [-0.2, -0.15) is 0 Å². The monoisotopic (exact) mass is 185 g/mol. The number of hydrogen-bond acceptors (Lipinski definition) is 1. The molecule has 13 heavy (non-hydrogen) atoms. The topological polar surface area (TPSA) is 20.3 Å². The van der Waals surface area contributed by atoms with Crippen LogP contribution in [0.2, 0.25) is 0 Å². The molecule has 2 nitrogen and oxygen atoms in total. The lowest BCUT2D eigenvalue weighted by Crippen LogP contribution is -2.34. The minimum absolute atomic E-state index is 0.205. The van der Waals surface area contributed by atoms with E-state index in [-0.39, 0.29) is 11.3 Å². The van der Waals surface area contributed by atoms with Crippen LogP contribution in [0.15, 0.2) is 0 Å². The lowest BCUT2D eigenvalue weighted by Gasteiger charge is -2.26. The minimum Gasteiger partial charge on any atom is -0.345 e. The van der Waals surface area contributed by atoms with E-state index >= 15 is 0 Å². The number of nitrogens with zero attached hydrogens (tertiary/aromatic N) is 1. The van der Waals surface area contributed by atoms with Gasteiger partial charge in [-0.25, -0.2) is 0 Å². The van der Waals surface area contributed by atoms with Crippen molar-refractivity contribution in [2.45, 2.75) is 47.0 Å². The highest BCUT2D eigenvalue weighted by Crippen LogP contribution is 2.14. The van der Waals surface area contributed by atoms with Crippen LogP contribution in [0, 0.1) is 5.41 Å². The molecule has 0 saturated carbocycles. The van der Waals surface area contributed by atoms with Crippen LogP contribution in [0.25, 0.3) is 0 Å². The highest BCUT2D eigenvalue weighted by atomic mass is 16.2. The van der Waals surface area contributed by atoms with Crippen molar-refractivity contribution in [1.82, 2.24) is 4.90 Å². The van der Waals surface area contributed by atoms with Gasteiger partial charge in [0.1, 0.15) is 0 Å². The van der Waals surface area contributed by atoms with E-state index in [0.717, 1.165) is 19.4 Å². The standard InChI is InChI=1S/C11H23NO/c1-6-7-8-10(13)12(5)9-11(2,3)4/h6-9H2,1-5H3. The normalized spacial score (nSPS) is 11.5. The fourth-order valence-corrected chi connectivity index (χ4v) is 1.32. The van der Waals surface area contributed by atoms with Gasteiger partial charge in [-0.15, -0.1) is 0 Å². The lowest BCUT2D eigenvalue weighted by molar-refractivity contribution is -0.131. The molecular weight excluding hydrogens is 162 g/mol. The molecule has 0 rings (SSSR count). The Balaban J connectivity index is 3.83. The lowest BCUT2D eigenvalue weighted by atomic mass is 9.96. The molecule has 0 aromatic carbocycles. The van der Waals surface area contributed by atoms with E-state index < -0.39 is 0 Å². The maximum atomic E-state index is 11.5. The van der Waals surface area contributed by atoms with Crippen molar-refractivity contribution < 1.29 is 4.79 Å². The summed E-state index contributed by atoms with van der Waals surface area (Å²) < 4.78 is 0. The molecule has 0 heterocycles. The average molecular weight is 185 g/mol. The summed E-state index contributed by atoms with van der Waals surface area (Å²) >= 11 is 0. The molecule has 0 aliphatic heterocycles. The van der Waals surface area contributed by atoms with Gasteiger partial charge in [-0.05, 0) is 11.8 Å². The number of rotatable bonds is 4. The molecule has 78 valence electrons. The summed E-state index contributed by atoms with van der Waals surface area (Å²) in [7, 11) is 1.89. The molecule has 0 saturated heterocycles. The molecule has 0 radical (unpaired) electrons. The van der Waals surface area contributed by atoms with E-state index in [2.05, 4.69) is 27.7 Å². The molecule has 0 aliphatic carbocycles. The van der Waals surface area contributed by atoms with Gasteiger partial charge in [0.15, 0.2) is 0 Å². The second kappa shape index (κ2) is 5.25. The third-order valence-electron chi connectivity index (χ3n) is 1.88. The number of amides is 1. The van der Waals surface area contributed by atoms with Crippen LogP contribution >= 0.6 is 0 Å². The molecule has 2 heteroatoms. The average Bonchev–Trinajstić information content (AvgIpc) is 1.96. The third-order valence-corrected chi connectivity index (χ3v) is 1.88. The summed E-state index contributed by atoms with van der Waals surface area (Å²) in [6.07, 6.45) is 2.80. The van der Waals surface area contributed by atoms with Crippen LogP contribution in [0.1, 0.15) is 47.0 Å². The Morgan fingerprint density at radius 2 is 1.85 bits per heavy atom. The van der Waals surface area contributed by atoms with Gasteiger partial charge >= 0.3 is 0 Å². The van der Waals surface area contributed by atoms with Crippen molar-refractivity contribution in [2.75, 3.05) is 13.6 Å². The van der Waals surface area contributed by atoms with E-state index in [0.29, 0.717) is 6.42 Å². The van der Waals surface area contributed by atoms with Crippen molar-refractivity contribution in [2.24, 2.45) is 5.41 Å². The Hall–Kier alpha value is -0.530. The predicted octanol–water partition coefficient (Wildman–Crippen LogP) is 2.68. The van der Waals surface area contributed by atoms with E-state index in [1.165, 1.54) is 0 Å². The van der Waals surface area contributed by atoms with Crippen molar-refractivity contribution in [1.29, 1.82) is 0 Å². The summed E-state index contributed by atoms with van der Waals surface area (Å²) in [6.45, 7) is 9.40. The summed E-state index contributed by atoms with van der Waals surface area (Å²) in [5, 5.41) is 0. The summed E-state index contributed by atoms with van der Waals surface area (Å²) in [5.74, 6) is 0.275. The smallest absolute Gasteiger partial charge is 0.222 e. The van der Waals surface area contributed by atoms with Gasteiger partial charge < -0.3 is 4.90 Å². The van der Waals surface area contributed by atoms with Gasteiger partial charge in [-0.1, -0.05) is 34.1 Å². The zero-order valence-corrected chi connectivity index (χ0v) is 9.68. The molecule has 0 aromatic rings. The maximum absolute atomic E-state index is 11.5. The zero-order valence-electron chi connectivity index (χ0n) is 9.68. The highest BCUT2D eigenvalue weighted by Gasteiger charge is 2.16. The maximum Gasteiger partial charge on any atom is 0.222 e. The first-order valence-corrected chi connectivity index (χ1v) is 5.11. The van der Waals surface area contributed by atoms with Crippen LogP contribution in [0.3, 0.4) is 0 Å². The number of carbonyl (C=O) groups excluding carboxylic acids is 1. The van der Waals surface area contributed by atoms with Crippen LogP contribution in [0.4, 0.5) is 0 Å². The molecule has 1 amide bonds. The molecule has 0 unspecified atom stereocenters. The molecule has 0 fully saturated rings. The van der Waals surface area contributed by atoms with Crippen molar-refractivity contribution in [3.05, 3.63) is 0 Å². The number of hydrogen-bond donors (Lipinski definition) is 0. The fourth-order valence-electron chi connectivity index (χ4n) is 1.32. The Labute approximate surface area is 82.3 Å². The second-order valence-corrected chi connectivity index (χ2v) is 4.91. The van der Waals surface area contributed by atoms with E-state index in [1.54, 1.807) is 0 Å². The third kappa shape index (κ3) is 6.62. The van der Waals surface area contributed by atoms with Crippen molar-refractivity contribution >= 4 is 5.91 Å². The zero-order chi connectivity index (χ0) is 10.5. The number of carbonyl (C=O) groups is 1. The fraction of sp³-hybridized carbons (Fsp3) is 0.909. The Morgan fingerprint density at radius 1 is 1.31 bits per heavy atom. The van der Waals surface area contributed by atoms with Crippen LogP contribution < -0.4 is 0 Å². The molecule has 0 aliphatic rings. The SMILES string of the molecule is CCCCC(=O)N(C)CC(C)(C)C. The molecule has 0 atom stereocenters. The predicted molar refractivity (Wildman–Crippen MR) is 56.6 cm³/mol. The summed E-state index contributed by atoms with van der Waals surface area (Å²) in [4.78, 5) is 13.3. The Bertz CT molecular complexity index is 158. The number of unbranched alkanes of at least 4 members (excludes halogenated alkanes) is 1. The quantitative estimate of drug-likeness (QED) is 0.659. The molecule has 0 spiro atoms. The Kier molecular flexibility index (Phi) is 5.04. The van der Waals surface area contributed by atoms with Crippen LogP contribution in [0.5, 0.6) is 0 Å². The van der Waals surface area contributed by atoms with Gasteiger partial charge in [0.25, 0.3) is 0 Å². The van der Waals surface area contributed by atoms with Crippen molar-refractivity contribution in [3.63, 3.8) is 0 Å². The first-order valence-electron chi connectivity index (χ1n) is 5.11. The van der Waals surface area contributed by atoms with E-state index in [4.69, 9.17) is 0 Å². The molecule has 0 N–H and O–H groups in total. The summed E-state index contributed by atoms with van der Waals surface area (Å²) in [5.41, 5.74) is 0.205. The van der Waals surface area contributed by atoms with Crippen molar-refractivity contribution in [3.8, 4) is 0 Å². The first kappa shape index (κ1) is 12.5. The molecule has 0 aromatic heterocycles. The molecular formula is C11H23NO. The minimum atomic E-state index is 0.205. The first-order chi connectivity index (χ1) is 5.87. The van der Waals surface area contributed by atoms with Crippen LogP contribution in [-0.2, 0) is 4.79 Å². The second-order valence-electron chi connectivity index (χ2n) is 4.91. The van der Waals surface area contributed by atoms with Gasteiger partial charge in [0.05, 0.1) is 0 Å². The largest absolute Gasteiger partial charge is 0.345 e. The van der Waals surface area contributed by atoms with Crippen LogP contribution in [-0.4, -0.2) is 24.4 Å². The van der Waals surface area contributed by atoms with Gasteiger partial charge in [0, 0.05) is 20.0 Å². The van der Waals surface area contributed by atoms with Gasteiger partial charge in [-0.3, -0.25) is 4.79 Å². The van der Waals surface area contributed by atoms with E-state index in [9.17, 15) is 4.79 Å². The van der Waals surface area contributed by atoms with E-state index in [1.807, 2.05) is 11.9 Å². The summed E-state index contributed by atoms with van der Waals surface area (Å²) in [6, 6.07) is 0. The highest BCUT2D eigenvalue weighted by molar-refractivity contribution is 5.75. The van der Waals surface area contributed by atoms with Gasteiger partial charge in [0.2, 0.25) is 5.91 Å². The molecule has 0 bridgehead atoms. The Morgan fingerprint density at radius 3 is 2.23 bits per heavy atom.